The van der Waals surface area contributed by atoms with Gasteiger partial charge in [0, 0.05) is 0 Å². The molecule has 1 heterocycles. The largest absolute Gasteiger partial charge is 0.508 e. The summed E-state index contributed by atoms with van der Waals surface area (Å²) in [7, 11) is -0.318. The highest BCUT2D eigenvalue weighted by atomic mass is 16.7. The Morgan fingerprint density at radius 1 is 0.833 bits per heavy atom. The Morgan fingerprint density at radius 2 is 1.38 bits per heavy atom. The van der Waals surface area contributed by atoms with Gasteiger partial charge in [0.1, 0.15) is 5.75 Å². The zero-order chi connectivity index (χ0) is 17.1. The van der Waals surface area contributed by atoms with Crippen LogP contribution >= 0.6 is 0 Å². The molecule has 0 bridgehead atoms. The van der Waals surface area contributed by atoms with Crippen molar-refractivity contribution in [2.75, 3.05) is 0 Å². The van der Waals surface area contributed by atoms with Gasteiger partial charge in [-0.05, 0) is 80.4 Å². The van der Waals surface area contributed by atoms with Crippen LogP contribution in [0.3, 0.4) is 0 Å². The average molecular weight is 322 g/mol. The number of aromatic hydroxyl groups is 1. The van der Waals surface area contributed by atoms with Gasteiger partial charge in [-0.25, -0.2) is 0 Å². The van der Waals surface area contributed by atoms with Crippen LogP contribution in [0.2, 0.25) is 0 Å². The number of phenolic OH excluding ortho intramolecular Hbond substituents is 1. The van der Waals surface area contributed by atoms with E-state index in [0.717, 1.165) is 18.3 Å². The fourth-order valence-electron chi connectivity index (χ4n) is 3.53. The zero-order valence-electron chi connectivity index (χ0n) is 14.7. The molecule has 2 aromatic rings. The Balaban J connectivity index is 1.70. The Bertz CT molecular complexity index is 795. The fourth-order valence-corrected chi connectivity index (χ4v) is 3.53. The minimum absolute atomic E-state index is 0.318. The molecule has 0 radical (unpaired) electrons. The minimum Gasteiger partial charge on any atom is -0.508 e. The molecule has 3 nitrogen and oxygen atoms in total. The lowest BCUT2D eigenvalue weighted by Gasteiger charge is -2.32. The Hall–Kier alpha value is -1.78. The average Bonchev–Trinajstić information content (AvgIpc) is 2.74. The van der Waals surface area contributed by atoms with Crippen LogP contribution in [0.1, 0.15) is 38.8 Å². The van der Waals surface area contributed by atoms with Gasteiger partial charge in [-0.1, -0.05) is 24.3 Å². The SMILES string of the molecule is CC1(C)OB(c2ccc3c(c2)CCc2cc(O)ccc2-3)OC1(C)C. The van der Waals surface area contributed by atoms with E-state index < -0.39 is 0 Å². The van der Waals surface area contributed by atoms with Crippen LogP contribution in [-0.4, -0.2) is 23.4 Å². The first-order valence-electron chi connectivity index (χ1n) is 8.58. The molecular weight excluding hydrogens is 299 g/mol. The van der Waals surface area contributed by atoms with Gasteiger partial charge < -0.3 is 14.4 Å². The number of hydrogen-bond acceptors (Lipinski definition) is 3. The van der Waals surface area contributed by atoms with Crippen molar-refractivity contribution in [3.63, 3.8) is 0 Å². The van der Waals surface area contributed by atoms with Gasteiger partial charge >= 0.3 is 7.12 Å². The molecule has 1 aliphatic heterocycles. The third-order valence-electron chi connectivity index (χ3n) is 5.70. The molecule has 4 rings (SSSR count). The van der Waals surface area contributed by atoms with Crippen molar-refractivity contribution in [3.05, 3.63) is 47.5 Å². The van der Waals surface area contributed by atoms with E-state index in [0.29, 0.717) is 5.75 Å². The summed E-state index contributed by atoms with van der Waals surface area (Å²) in [6.07, 6.45) is 1.92. The lowest BCUT2D eigenvalue weighted by molar-refractivity contribution is 0.00578. The van der Waals surface area contributed by atoms with E-state index in [1.807, 2.05) is 12.1 Å². The van der Waals surface area contributed by atoms with Gasteiger partial charge in [0.05, 0.1) is 11.2 Å². The summed E-state index contributed by atoms with van der Waals surface area (Å²) in [6, 6.07) is 12.1. The predicted molar refractivity (Wildman–Crippen MR) is 96.7 cm³/mol. The molecule has 0 amide bonds. The molecule has 124 valence electrons. The number of hydrogen-bond donors (Lipinski definition) is 1. The molecule has 0 aromatic heterocycles. The highest BCUT2D eigenvalue weighted by Crippen LogP contribution is 2.38. The second kappa shape index (κ2) is 5.11. The highest BCUT2D eigenvalue weighted by Gasteiger charge is 2.51. The van der Waals surface area contributed by atoms with Gasteiger partial charge in [-0.3, -0.25) is 0 Å². The molecule has 1 aliphatic carbocycles. The fraction of sp³-hybridized carbons (Fsp3) is 0.400. The lowest BCUT2D eigenvalue weighted by atomic mass is 9.75. The molecule has 4 heteroatoms. The lowest BCUT2D eigenvalue weighted by Crippen LogP contribution is -2.41. The summed E-state index contributed by atoms with van der Waals surface area (Å²) in [6.45, 7) is 8.31. The molecule has 2 aromatic carbocycles. The Morgan fingerprint density at radius 3 is 2.00 bits per heavy atom. The second-order valence-electron chi connectivity index (χ2n) is 7.85. The molecule has 0 saturated carbocycles. The summed E-state index contributed by atoms with van der Waals surface area (Å²) >= 11 is 0. The summed E-state index contributed by atoms with van der Waals surface area (Å²) < 4.78 is 12.3. The topological polar surface area (TPSA) is 38.7 Å². The third kappa shape index (κ3) is 2.36. The Kier molecular flexibility index (Phi) is 3.35. The monoisotopic (exact) mass is 322 g/mol. The molecule has 0 unspecified atom stereocenters. The first-order chi connectivity index (χ1) is 11.3. The van der Waals surface area contributed by atoms with Gasteiger partial charge in [0.25, 0.3) is 0 Å². The van der Waals surface area contributed by atoms with Gasteiger partial charge in [-0.15, -0.1) is 0 Å². The molecule has 1 saturated heterocycles. The van der Waals surface area contributed by atoms with Crippen molar-refractivity contribution >= 4 is 12.6 Å². The van der Waals surface area contributed by atoms with E-state index in [4.69, 9.17) is 9.31 Å². The molecule has 1 fully saturated rings. The van der Waals surface area contributed by atoms with E-state index in [1.165, 1.54) is 22.3 Å². The molecular formula is C20H23BO3. The second-order valence-corrected chi connectivity index (χ2v) is 7.85. The van der Waals surface area contributed by atoms with E-state index in [9.17, 15) is 5.11 Å². The third-order valence-corrected chi connectivity index (χ3v) is 5.70. The van der Waals surface area contributed by atoms with Crippen LogP contribution in [0.4, 0.5) is 0 Å². The molecule has 0 atom stereocenters. The smallest absolute Gasteiger partial charge is 0.494 e. The minimum atomic E-state index is -0.322. The van der Waals surface area contributed by atoms with Crippen LogP contribution in [0.5, 0.6) is 5.75 Å². The van der Waals surface area contributed by atoms with Crippen molar-refractivity contribution in [3.8, 4) is 16.9 Å². The van der Waals surface area contributed by atoms with Crippen LogP contribution in [0, 0.1) is 0 Å². The van der Waals surface area contributed by atoms with Crippen molar-refractivity contribution < 1.29 is 14.4 Å². The molecule has 1 N–H and O–H groups in total. The quantitative estimate of drug-likeness (QED) is 0.817. The molecule has 24 heavy (non-hydrogen) atoms. The zero-order valence-corrected chi connectivity index (χ0v) is 14.7. The van der Waals surface area contributed by atoms with Gasteiger partial charge in [0.2, 0.25) is 0 Å². The van der Waals surface area contributed by atoms with Crippen LogP contribution in [0.15, 0.2) is 36.4 Å². The van der Waals surface area contributed by atoms with Crippen molar-refractivity contribution in [1.82, 2.24) is 0 Å². The summed E-state index contributed by atoms with van der Waals surface area (Å²) in [4.78, 5) is 0. The van der Waals surface area contributed by atoms with E-state index in [1.54, 1.807) is 6.07 Å². The van der Waals surface area contributed by atoms with Crippen molar-refractivity contribution in [2.24, 2.45) is 0 Å². The van der Waals surface area contributed by atoms with E-state index in [-0.39, 0.29) is 18.3 Å². The first kappa shape index (κ1) is 15.7. The normalized spacial score (nSPS) is 20.6. The van der Waals surface area contributed by atoms with Crippen LogP contribution in [0.25, 0.3) is 11.1 Å². The maximum atomic E-state index is 9.69. The number of aryl methyl sites for hydroxylation is 2. The highest BCUT2D eigenvalue weighted by molar-refractivity contribution is 6.62. The Labute approximate surface area is 143 Å². The number of benzene rings is 2. The number of phenols is 1. The maximum absolute atomic E-state index is 9.69. The summed E-state index contributed by atoms with van der Waals surface area (Å²) in [5.74, 6) is 0.339. The maximum Gasteiger partial charge on any atom is 0.494 e. The van der Waals surface area contributed by atoms with E-state index >= 15 is 0 Å². The first-order valence-corrected chi connectivity index (χ1v) is 8.58. The van der Waals surface area contributed by atoms with Crippen molar-refractivity contribution in [1.29, 1.82) is 0 Å². The summed E-state index contributed by atoms with van der Waals surface area (Å²) in [5, 5.41) is 9.69. The van der Waals surface area contributed by atoms with Crippen molar-refractivity contribution in [2.45, 2.75) is 51.7 Å². The van der Waals surface area contributed by atoms with E-state index in [2.05, 4.69) is 45.9 Å². The molecule has 0 spiro atoms. The number of rotatable bonds is 1. The van der Waals surface area contributed by atoms with Gasteiger partial charge in [0.15, 0.2) is 0 Å². The number of fused-ring (bicyclic) bond motifs is 3. The van der Waals surface area contributed by atoms with Gasteiger partial charge in [-0.2, -0.15) is 0 Å². The summed E-state index contributed by atoms with van der Waals surface area (Å²) in [5.41, 5.74) is 5.43. The predicted octanol–water partition coefficient (Wildman–Crippen LogP) is 3.46. The van der Waals surface area contributed by atoms with Crippen LogP contribution in [-0.2, 0) is 22.2 Å². The van der Waals surface area contributed by atoms with Crippen LogP contribution < -0.4 is 5.46 Å². The molecule has 2 aliphatic rings. The standard InChI is InChI=1S/C20H23BO3/c1-19(2)20(3,4)24-21(23-19)15-7-9-17-13(11-15)5-6-14-12-16(22)8-10-18(14)17/h7-12,22H,5-6H2,1-4H3.